The standard InChI is InChI=1S/C15H20N4O2/c1-5-19-8-16-6-12(19)7-17-14(20)13-10(3)9(2)11(4)18-15(13)21/h6,8H,5,7H2,1-4H3,(H,17,20)(H,18,21). The molecule has 21 heavy (non-hydrogen) atoms. The van der Waals surface area contributed by atoms with Crippen LogP contribution in [0.2, 0.25) is 0 Å². The van der Waals surface area contributed by atoms with Crippen molar-refractivity contribution < 1.29 is 4.79 Å². The molecule has 0 atom stereocenters. The van der Waals surface area contributed by atoms with Gasteiger partial charge in [-0.2, -0.15) is 0 Å². The van der Waals surface area contributed by atoms with Crippen molar-refractivity contribution in [2.24, 2.45) is 0 Å². The van der Waals surface area contributed by atoms with Crippen molar-refractivity contribution in [1.82, 2.24) is 19.9 Å². The van der Waals surface area contributed by atoms with Gasteiger partial charge in [0.05, 0.1) is 18.6 Å². The summed E-state index contributed by atoms with van der Waals surface area (Å²) >= 11 is 0. The molecule has 0 aliphatic rings. The summed E-state index contributed by atoms with van der Waals surface area (Å²) < 4.78 is 1.94. The number of hydrogen-bond acceptors (Lipinski definition) is 3. The fourth-order valence-corrected chi connectivity index (χ4v) is 2.28. The van der Waals surface area contributed by atoms with E-state index in [1.807, 2.05) is 25.3 Å². The minimum absolute atomic E-state index is 0.181. The fraction of sp³-hybridized carbons (Fsp3) is 0.400. The zero-order chi connectivity index (χ0) is 15.6. The Balaban J connectivity index is 2.22. The lowest BCUT2D eigenvalue weighted by molar-refractivity contribution is 0.0947. The molecule has 112 valence electrons. The van der Waals surface area contributed by atoms with Gasteiger partial charge in [0.25, 0.3) is 11.5 Å². The predicted molar refractivity (Wildman–Crippen MR) is 80.3 cm³/mol. The average Bonchev–Trinajstić information content (AvgIpc) is 2.90. The Kier molecular flexibility index (Phi) is 4.26. The van der Waals surface area contributed by atoms with E-state index >= 15 is 0 Å². The summed E-state index contributed by atoms with van der Waals surface area (Å²) in [6.07, 6.45) is 3.43. The zero-order valence-electron chi connectivity index (χ0n) is 12.8. The molecule has 2 aromatic heterocycles. The Morgan fingerprint density at radius 3 is 2.71 bits per heavy atom. The Bertz CT molecular complexity index is 728. The molecule has 0 saturated carbocycles. The monoisotopic (exact) mass is 288 g/mol. The highest BCUT2D eigenvalue weighted by atomic mass is 16.2. The van der Waals surface area contributed by atoms with E-state index < -0.39 is 0 Å². The molecule has 2 heterocycles. The van der Waals surface area contributed by atoms with Crippen molar-refractivity contribution in [2.75, 3.05) is 0 Å². The first-order valence-corrected chi connectivity index (χ1v) is 6.93. The minimum atomic E-state index is -0.360. The van der Waals surface area contributed by atoms with Crippen LogP contribution in [0.15, 0.2) is 17.3 Å². The number of rotatable bonds is 4. The van der Waals surface area contributed by atoms with Gasteiger partial charge in [-0.1, -0.05) is 0 Å². The predicted octanol–water partition coefficient (Wildman–Crippen LogP) is 1.45. The number of imidazole rings is 1. The quantitative estimate of drug-likeness (QED) is 0.893. The lowest BCUT2D eigenvalue weighted by Crippen LogP contribution is -2.31. The summed E-state index contributed by atoms with van der Waals surface area (Å²) in [6.45, 7) is 8.65. The minimum Gasteiger partial charge on any atom is -0.346 e. The first-order chi connectivity index (χ1) is 9.95. The van der Waals surface area contributed by atoms with E-state index in [2.05, 4.69) is 15.3 Å². The number of pyridine rings is 1. The van der Waals surface area contributed by atoms with Crippen molar-refractivity contribution in [3.05, 3.63) is 51.0 Å². The van der Waals surface area contributed by atoms with Gasteiger partial charge in [0.2, 0.25) is 0 Å². The summed E-state index contributed by atoms with van der Waals surface area (Å²) in [7, 11) is 0. The summed E-state index contributed by atoms with van der Waals surface area (Å²) in [5.74, 6) is -0.360. The normalized spacial score (nSPS) is 10.7. The molecule has 0 aliphatic heterocycles. The van der Waals surface area contributed by atoms with Crippen LogP contribution in [0.3, 0.4) is 0 Å². The molecule has 0 saturated heterocycles. The maximum atomic E-state index is 12.3. The van der Waals surface area contributed by atoms with E-state index in [4.69, 9.17) is 0 Å². The largest absolute Gasteiger partial charge is 0.346 e. The van der Waals surface area contributed by atoms with Gasteiger partial charge in [-0.25, -0.2) is 4.98 Å². The molecule has 0 unspecified atom stereocenters. The molecule has 1 amide bonds. The van der Waals surface area contributed by atoms with Gasteiger partial charge >= 0.3 is 0 Å². The lowest BCUT2D eigenvalue weighted by atomic mass is 10.0. The summed E-state index contributed by atoms with van der Waals surface area (Å²) in [4.78, 5) is 31.0. The zero-order valence-corrected chi connectivity index (χ0v) is 12.8. The number of carbonyl (C=O) groups excluding carboxylic acids is 1. The van der Waals surface area contributed by atoms with Gasteiger partial charge in [0.1, 0.15) is 5.56 Å². The number of nitrogens with one attached hydrogen (secondary N) is 2. The van der Waals surface area contributed by atoms with Gasteiger partial charge in [0.15, 0.2) is 0 Å². The molecule has 0 spiro atoms. The molecule has 6 nitrogen and oxygen atoms in total. The van der Waals surface area contributed by atoms with E-state index in [0.29, 0.717) is 6.54 Å². The molecule has 0 fully saturated rings. The molecule has 0 bridgehead atoms. The molecular formula is C15H20N4O2. The van der Waals surface area contributed by atoms with Crippen LogP contribution in [-0.4, -0.2) is 20.4 Å². The van der Waals surface area contributed by atoms with Gasteiger partial charge in [-0.15, -0.1) is 0 Å². The van der Waals surface area contributed by atoms with E-state index in [9.17, 15) is 9.59 Å². The molecular weight excluding hydrogens is 268 g/mol. The number of carbonyl (C=O) groups is 1. The Morgan fingerprint density at radius 1 is 1.33 bits per heavy atom. The van der Waals surface area contributed by atoms with Crippen molar-refractivity contribution in [2.45, 2.75) is 40.8 Å². The fourth-order valence-electron chi connectivity index (χ4n) is 2.28. The average molecular weight is 288 g/mol. The maximum Gasteiger partial charge on any atom is 0.261 e. The third kappa shape index (κ3) is 2.89. The molecule has 0 aromatic carbocycles. The third-order valence-corrected chi connectivity index (χ3v) is 3.82. The van der Waals surface area contributed by atoms with E-state index in [1.54, 1.807) is 19.4 Å². The smallest absolute Gasteiger partial charge is 0.261 e. The Morgan fingerprint density at radius 2 is 2.05 bits per heavy atom. The first kappa shape index (κ1) is 15.0. The highest BCUT2D eigenvalue weighted by Crippen LogP contribution is 2.11. The molecule has 0 radical (unpaired) electrons. The SMILES string of the molecule is CCn1cncc1CNC(=O)c1c(C)c(C)c(C)[nH]c1=O. The number of nitrogens with zero attached hydrogens (tertiary/aromatic N) is 2. The third-order valence-electron chi connectivity index (χ3n) is 3.82. The Labute approximate surface area is 123 Å². The van der Waals surface area contributed by atoms with Crippen LogP contribution in [-0.2, 0) is 13.1 Å². The highest BCUT2D eigenvalue weighted by Gasteiger charge is 2.17. The van der Waals surface area contributed by atoms with Crippen molar-refractivity contribution in [3.8, 4) is 0 Å². The van der Waals surface area contributed by atoms with E-state index in [-0.39, 0.29) is 17.0 Å². The van der Waals surface area contributed by atoms with Gasteiger partial charge in [-0.3, -0.25) is 9.59 Å². The van der Waals surface area contributed by atoms with Gasteiger partial charge in [0, 0.05) is 18.4 Å². The van der Waals surface area contributed by atoms with Crippen molar-refractivity contribution in [1.29, 1.82) is 0 Å². The topological polar surface area (TPSA) is 79.8 Å². The molecule has 0 aliphatic carbocycles. The van der Waals surface area contributed by atoms with Crippen molar-refractivity contribution in [3.63, 3.8) is 0 Å². The van der Waals surface area contributed by atoms with Gasteiger partial charge < -0.3 is 14.9 Å². The van der Waals surface area contributed by atoms with Crippen LogP contribution in [0.1, 0.15) is 39.8 Å². The number of aryl methyl sites for hydroxylation is 2. The van der Waals surface area contributed by atoms with Crippen LogP contribution in [0.5, 0.6) is 0 Å². The molecule has 2 rings (SSSR count). The van der Waals surface area contributed by atoms with Crippen molar-refractivity contribution >= 4 is 5.91 Å². The highest BCUT2D eigenvalue weighted by molar-refractivity contribution is 5.95. The second-order valence-corrected chi connectivity index (χ2v) is 5.06. The number of hydrogen-bond donors (Lipinski definition) is 2. The summed E-state index contributed by atoms with van der Waals surface area (Å²) in [5, 5.41) is 2.78. The van der Waals surface area contributed by atoms with E-state index in [1.165, 1.54) is 0 Å². The summed E-state index contributed by atoms with van der Waals surface area (Å²) in [5.41, 5.74) is 3.18. The molecule has 2 N–H and O–H groups in total. The van der Waals surface area contributed by atoms with Crippen LogP contribution in [0.25, 0.3) is 0 Å². The van der Waals surface area contributed by atoms with Crippen LogP contribution in [0, 0.1) is 20.8 Å². The number of H-pyrrole nitrogens is 1. The first-order valence-electron chi connectivity index (χ1n) is 6.93. The van der Waals surface area contributed by atoms with Gasteiger partial charge in [-0.05, 0) is 38.8 Å². The number of amides is 1. The molecule has 2 aromatic rings. The maximum absolute atomic E-state index is 12.3. The van der Waals surface area contributed by atoms with Crippen LogP contribution in [0.4, 0.5) is 0 Å². The lowest BCUT2D eigenvalue weighted by Gasteiger charge is -2.11. The second-order valence-electron chi connectivity index (χ2n) is 5.06. The number of aromatic amines is 1. The van der Waals surface area contributed by atoms with E-state index in [0.717, 1.165) is 29.1 Å². The summed E-state index contributed by atoms with van der Waals surface area (Å²) in [6, 6.07) is 0. The Hall–Kier alpha value is -2.37. The molecule has 6 heteroatoms. The second kappa shape index (κ2) is 5.95. The van der Waals surface area contributed by atoms with Crippen LogP contribution >= 0.6 is 0 Å². The number of aromatic nitrogens is 3. The van der Waals surface area contributed by atoms with Crippen LogP contribution < -0.4 is 10.9 Å².